The van der Waals surface area contributed by atoms with E-state index in [-0.39, 0.29) is 5.91 Å². The van der Waals surface area contributed by atoms with E-state index in [1.807, 2.05) is 0 Å². The summed E-state index contributed by atoms with van der Waals surface area (Å²) in [6.45, 7) is 3.64. The van der Waals surface area contributed by atoms with Crippen LogP contribution in [0.1, 0.15) is 39.5 Å². The topological polar surface area (TPSA) is 182 Å². The zero-order chi connectivity index (χ0) is 21.9. The molecule has 2 rings (SSSR count). The predicted octanol–water partition coefficient (Wildman–Crippen LogP) is -3.18. The molecule has 7 atom stereocenters. The number of primary amides is 1. The second-order valence-electron chi connectivity index (χ2n) is 7.95. The second-order valence-corrected chi connectivity index (χ2v) is 7.95. The fourth-order valence-electron chi connectivity index (χ4n) is 4.01. The molecule has 8 N–H and O–H groups in total. The molecule has 0 aromatic heterocycles. The van der Waals surface area contributed by atoms with Crippen LogP contribution in [-0.4, -0.2) is 98.5 Å². The van der Waals surface area contributed by atoms with E-state index in [0.717, 1.165) is 0 Å². The van der Waals surface area contributed by atoms with Crippen LogP contribution < -0.4 is 16.8 Å². The predicted molar refractivity (Wildman–Crippen MR) is 103 cm³/mol. The molecule has 2 unspecified atom stereocenters. The minimum atomic E-state index is -1.24. The van der Waals surface area contributed by atoms with Crippen LogP contribution in [0.5, 0.6) is 0 Å². The van der Waals surface area contributed by atoms with Crippen LogP contribution in [-0.2, 0) is 14.4 Å². The summed E-state index contributed by atoms with van der Waals surface area (Å²) in [5.41, 5.74) is 11.1. The van der Waals surface area contributed by atoms with Crippen molar-refractivity contribution >= 4 is 17.7 Å². The summed E-state index contributed by atoms with van der Waals surface area (Å²) >= 11 is 0. The quantitative estimate of drug-likeness (QED) is 0.240. The Balaban J connectivity index is 2.10. The molecule has 2 fully saturated rings. The number of carbonyl (C=O) groups is 3. The number of nitrogens with two attached hydrogens (primary N) is 2. The molecule has 2 saturated heterocycles. The van der Waals surface area contributed by atoms with Gasteiger partial charge in [0.1, 0.15) is 18.3 Å². The highest BCUT2D eigenvalue weighted by Crippen LogP contribution is 2.27. The Bertz CT molecular complexity index is 616. The third-order valence-corrected chi connectivity index (χ3v) is 5.75. The minimum absolute atomic E-state index is 0.301. The first kappa shape index (κ1) is 23.5. The van der Waals surface area contributed by atoms with Gasteiger partial charge in [-0.2, -0.15) is 0 Å². The standard InChI is InChI=1S/C18H33N5O6/c1-9(24)13(19)18(29)23-8-4-6-12(23)17(28)22-7-3-5-11(22)16(27)21-14(10(2)25)15(20)26/h9-14,18,24-25,29H,3-8,19H2,1-2H3,(H2,20,26)(H,21,27)/t9-,10-,11+,12+,13?,14+,18?/m1/s1. The molecular formula is C18H33N5O6. The summed E-state index contributed by atoms with van der Waals surface area (Å²) in [7, 11) is 0. The van der Waals surface area contributed by atoms with E-state index < -0.39 is 54.4 Å². The highest BCUT2D eigenvalue weighted by Gasteiger charge is 2.44. The van der Waals surface area contributed by atoms with E-state index in [9.17, 15) is 29.7 Å². The number of carbonyl (C=O) groups excluding carboxylic acids is 3. The van der Waals surface area contributed by atoms with Crippen LogP contribution in [0, 0.1) is 0 Å². The van der Waals surface area contributed by atoms with Crippen LogP contribution in [0.3, 0.4) is 0 Å². The third kappa shape index (κ3) is 5.23. The first-order chi connectivity index (χ1) is 13.6. The summed E-state index contributed by atoms with van der Waals surface area (Å²) < 4.78 is 0. The smallest absolute Gasteiger partial charge is 0.243 e. The summed E-state index contributed by atoms with van der Waals surface area (Å²) in [6, 6.07) is -3.60. The summed E-state index contributed by atoms with van der Waals surface area (Å²) in [6.07, 6.45) is -1.08. The van der Waals surface area contributed by atoms with Crippen LogP contribution in [0.15, 0.2) is 0 Å². The van der Waals surface area contributed by atoms with Gasteiger partial charge in [-0.3, -0.25) is 19.3 Å². The van der Waals surface area contributed by atoms with Crippen molar-refractivity contribution in [2.45, 2.75) is 82.1 Å². The molecule has 0 aromatic carbocycles. The van der Waals surface area contributed by atoms with Gasteiger partial charge in [-0.05, 0) is 39.5 Å². The molecular weight excluding hydrogens is 382 g/mol. The number of rotatable bonds is 8. The molecule has 166 valence electrons. The van der Waals surface area contributed by atoms with Gasteiger partial charge in [-0.1, -0.05) is 0 Å². The second kappa shape index (κ2) is 9.81. The number of hydrogen-bond donors (Lipinski definition) is 6. The lowest BCUT2D eigenvalue weighted by Crippen LogP contribution is -2.60. The Morgan fingerprint density at radius 2 is 1.59 bits per heavy atom. The SMILES string of the molecule is C[C@@H](O)C(N)C(O)N1CCC[C@H]1C(=O)N1CCC[C@H]1C(=O)N[C@H](C(N)=O)[C@@H](C)O. The summed E-state index contributed by atoms with van der Waals surface area (Å²) in [5.74, 6) is -1.71. The van der Waals surface area contributed by atoms with Crippen molar-refractivity contribution in [3.8, 4) is 0 Å². The van der Waals surface area contributed by atoms with E-state index in [4.69, 9.17) is 11.5 Å². The Morgan fingerprint density at radius 3 is 2.14 bits per heavy atom. The summed E-state index contributed by atoms with van der Waals surface area (Å²) in [5, 5.41) is 32.2. The Kier molecular flexibility index (Phi) is 7.94. The first-order valence-corrected chi connectivity index (χ1v) is 10.0. The van der Waals surface area contributed by atoms with E-state index in [2.05, 4.69) is 5.32 Å². The van der Waals surface area contributed by atoms with Gasteiger partial charge >= 0.3 is 0 Å². The Hall–Kier alpha value is -1.79. The molecule has 11 heteroatoms. The van der Waals surface area contributed by atoms with Crippen LogP contribution >= 0.6 is 0 Å². The summed E-state index contributed by atoms with van der Waals surface area (Å²) in [4.78, 5) is 40.3. The molecule has 29 heavy (non-hydrogen) atoms. The van der Waals surface area contributed by atoms with Gasteiger partial charge in [0.15, 0.2) is 0 Å². The number of aliphatic hydroxyl groups is 3. The molecule has 0 aliphatic carbocycles. The van der Waals surface area contributed by atoms with E-state index >= 15 is 0 Å². The molecule has 0 spiro atoms. The zero-order valence-electron chi connectivity index (χ0n) is 16.9. The van der Waals surface area contributed by atoms with Crippen LogP contribution in [0.4, 0.5) is 0 Å². The van der Waals surface area contributed by atoms with Gasteiger partial charge in [0.2, 0.25) is 17.7 Å². The highest BCUT2D eigenvalue weighted by atomic mass is 16.3. The normalized spacial score (nSPS) is 27.9. The van der Waals surface area contributed by atoms with Crippen LogP contribution in [0.25, 0.3) is 0 Å². The average molecular weight is 415 g/mol. The Labute approximate surface area is 170 Å². The number of hydrogen-bond acceptors (Lipinski definition) is 8. The first-order valence-electron chi connectivity index (χ1n) is 10.0. The molecule has 2 heterocycles. The molecule has 0 bridgehead atoms. The van der Waals surface area contributed by atoms with Gasteiger partial charge in [0.05, 0.1) is 24.3 Å². The number of nitrogens with one attached hydrogen (secondary N) is 1. The number of amides is 3. The number of nitrogens with zero attached hydrogens (tertiary/aromatic N) is 2. The molecule has 0 aromatic rings. The van der Waals surface area contributed by atoms with Gasteiger partial charge in [-0.15, -0.1) is 0 Å². The zero-order valence-corrected chi connectivity index (χ0v) is 16.9. The maximum Gasteiger partial charge on any atom is 0.243 e. The lowest BCUT2D eigenvalue weighted by molar-refractivity contribution is -0.146. The third-order valence-electron chi connectivity index (χ3n) is 5.75. The average Bonchev–Trinajstić information content (AvgIpc) is 3.32. The van der Waals surface area contributed by atoms with Crippen molar-refractivity contribution in [2.75, 3.05) is 13.1 Å². The molecule has 0 radical (unpaired) electrons. The fourth-order valence-corrected chi connectivity index (χ4v) is 4.01. The monoisotopic (exact) mass is 415 g/mol. The van der Waals surface area contributed by atoms with E-state index in [0.29, 0.717) is 38.8 Å². The molecule has 2 aliphatic rings. The Morgan fingerprint density at radius 1 is 1.00 bits per heavy atom. The van der Waals surface area contributed by atoms with Crippen molar-refractivity contribution in [2.24, 2.45) is 11.5 Å². The molecule has 2 aliphatic heterocycles. The molecule has 0 saturated carbocycles. The van der Waals surface area contributed by atoms with Crippen molar-refractivity contribution in [3.63, 3.8) is 0 Å². The highest BCUT2D eigenvalue weighted by molar-refractivity contribution is 5.93. The van der Waals surface area contributed by atoms with Crippen molar-refractivity contribution in [3.05, 3.63) is 0 Å². The minimum Gasteiger partial charge on any atom is -0.392 e. The number of likely N-dealkylation sites (tertiary alicyclic amines) is 2. The van der Waals surface area contributed by atoms with Crippen LogP contribution in [0.2, 0.25) is 0 Å². The van der Waals surface area contributed by atoms with E-state index in [1.165, 1.54) is 18.7 Å². The maximum absolute atomic E-state index is 13.2. The fraction of sp³-hybridized carbons (Fsp3) is 0.833. The van der Waals surface area contributed by atoms with E-state index in [1.54, 1.807) is 4.90 Å². The van der Waals surface area contributed by atoms with Crippen molar-refractivity contribution in [1.82, 2.24) is 15.1 Å². The molecule has 11 nitrogen and oxygen atoms in total. The van der Waals surface area contributed by atoms with Crippen molar-refractivity contribution < 1.29 is 29.7 Å². The largest absolute Gasteiger partial charge is 0.392 e. The lowest BCUT2D eigenvalue weighted by Gasteiger charge is -2.36. The number of aliphatic hydroxyl groups excluding tert-OH is 3. The lowest BCUT2D eigenvalue weighted by atomic mass is 10.1. The van der Waals surface area contributed by atoms with Gasteiger partial charge in [-0.25, -0.2) is 0 Å². The maximum atomic E-state index is 13.2. The van der Waals surface area contributed by atoms with Gasteiger partial charge in [0, 0.05) is 13.1 Å². The molecule has 3 amide bonds. The van der Waals surface area contributed by atoms with Gasteiger partial charge in [0.25, 0.3) is 0 Å². The van der Waals surface area contributed by atoms with Crippen molar-refractivity contribution in [1.29, 1.82) is 0 Å². The van der Waals surface area contributed by atoms with Gasteiger partial charge < -0.3 is 37.0 Å².